The Hall–Kier alpha value is -2.12. The second-order valence-electron chi connectivity index (χ2n) is 4.42. The number of hydrogen-bond donors (Lipinski definition) is 2. The van der Waals surface area contributed by atoms with Crippen LogP contribution in [0.3, 0.4) is 0 Å². The van der Waals surface area contributed by atoms with Gasteiger partial charge in [-0.2, -0.15) is 0 Å². The highest BCUT2D eigenvalue weighted by molar-refractivity contribution is 6.01. The van der Waals surface area contributed by atoms with Crippen LogP contribution >= 0.6 is 0 Å². The first kappa shape index (κ1) is 14.9. The van der Waals surface area contributed by atoms with Gasteiger partial charge in [-0.05, 0) is 13.3 Å². The highest BCUT2D eigenvalue weighted by Crippen LogP contribution is 2.09. The number of urea groups is 1. The molecule has 0 saturated carbocycles. The van der Waals surface area contributed by atoms with Crippen LogP contribution in [-0.4, -0.2) is 64.9 Å². The lowest BCUT2D eigenvalue weighted by Gasteiger charge is -2.14. The molecule has 106 valence electrons. The van der Waals surface area contributed by atoms with Crippen molar-refractivity contribution in [2.75, 3.05) is 20.1 Å². The van der Waals surface area contributed by atoms with Gasteiger partial charge in [0.15, 0.2) is 0 Å². The van der Waals surface area contributed by atoms with E-state index in [1.807, 2.05) is 0 Å². The fourth-order valence-electron chi connectivity index (χ4n) is 1.66. The van der Waals surface area contributed by atoms with E-state index >= 15 is 0 Å². The highest BCUT2D eigenvalue weighted by Gasteiger charge is 2.32. The fraction of sp³-hybridized carbons (Fsp3) is 0.636. The summed E-state index contributed by atoms with van der Waals surface area (Å²) in [6.07, 6.45) is 0.377. The van der Waals surface area contributed by atoms with Crippen LogP contribution in [0, 0.1) is 0 Å². The van der Waals surface area contributed by atoms with Gasteiger partial charge in [0.1, 0.15) is 12.6 Å². The monoisotopic (exact) mass is 271 g/mol. The zero-order chi connectivity index (χ0) is 14.6. The van der Waals surface area contributed by atoms with Crippen LogP contribution in [0.4, 0.5) is 4.79 Å². The van der Waals surface area contributed by atoms with Crippen LogP contribution in [0.5, 0.6) is 0 Å². The molecule has 0 aliphatic carbocycles. The Balaban J connectivity index is 2.31. The number of carboxylic acids is 1. The molecule has 1 rings (SSSR count). The smallest absolute Gasteiger partial charge is 0.326 e. The second kappa shape index (κ2) is 6.17. The topological polar surface area (TPSA) is 107 Å². The standard InChI is InChI=1S/C11H17N3O5/c1-7(10(17)18)12-8(15)4-3-5-14-9(16)6-13(2)11(14)19/h7H,3-6H2,1-2H3,(H,12,15)(H,17,18). The summed E-state index contributed by atoms with van der Waals surface area (Å²) in [5.41, 5.74) is 0. The number of imide groups is 1. The summed E-state index contributed by atoms with van der Waals surface area (Å²) in [7, 11) is 1.53. The van der Waals surface area contributed by atoms with Gasteiger partial charge in [0, 0.05) is 20.0 Å². The minimum Gasteiger partial charge on any atom is -0.480 e. The molecule has 0 aromatic carbocycles. The largest absolute Gasteiger partial charge is 0.480 e. The first-order valence-corrected chi connectivity index (χ1v) is 5.90. The molecule has 1 unspecified atom stereocenters. The van der Waals surface area contributed by atoms with Crippen molar-refractivity contribution < 1.29 is 24.3 Å². The minimum atomic E-state index is -1.11. The van der Waals surface area contributed by atoms with Crippen molar-refractivity contribution in [3.05, 3.63) is 0 Å². The van der Waals surface area contributed by atoms with E-state index in [2.05, 4.69) is 5.32 Å². The summed E-state index contributed by atoms with van der Waals surface area (Å²) in [6.45, 7) is 1.58. The molecule has 0 aromatic heterocycles. The summed E-state index contributed by atoms with van der Waals surface area (Å²) in [5.74, 6) is -1.81. The molecule has 0 spiro atoms. The maximum Gasteiger partial charge on any atom is 0.326 e. The van der Waals surface area contributed by atoms with Crippen LogP contribution in [0.1, 0.15) is 19.8 Å². The number of likely N-dealkylation sites (N-methyl/N-ethyl adjacent to an activating group) is 1. The van der Waals surface area contributed by atoms with Gasteiger partial charge in [-0.3, -0.25) is 19.3 Å². The minimum absolute atomic E-state index is 0.0566. The Bertz CT molecular complexity index is 409. The second-order valence-corrected chi connectivity index (χ2v) is 4.42. The number of amides is 4. The maximum atomic E-state index is 11.5. The summed E-state index contributed by atoms with van der Waals surface area (Å²) < 4.78 is 0. The molecule has 0 aromatic rings. The molecule has 1 aliphatic rings. The Labute approximate surface area is 110 Å². The van der Waals surface area contributed by atoms with Crippen LogP contribution in [0.2, 0.25) is 0 Å². The van der Waals surface area contributed by atoms with Crippen LogP contribution in [0.15, 0.2) is 0 Å². The zero-order valence-electron chi connectivity index (χ0n) is 10.9. The van der Waals surface area contributed by atoms with Crippen molar-refractivity contribution in [2.24, 2.45) is 0 Å². The highest BCUT2D eigenvalue weighted by atomic mass is 16.4. The Morgan fingerprint density at radius 3 is 2.53 bits per heavy atom. The molecule has 0 bridgehead atoms. The van der Waals surface area contributed by atoms with Gasteiger partial charge in [0.25, 0.3) is 0 Å². The summed E-state index contributed by atoms with van der Waals surface area (Å²) in [5, 5.41) is 10.9. The summed E-state index contributed by atoms with van der Waals surface area (Å²) >= 11 is 0. The van der Waals surface area contributed by atoms with Gasteiger partial charge < -0.3 is 15.3 Å². The third kappa shape index (κ3) is 3.94. The van der Waals surface area contributed by atoms with E-state index in [1.165, 1.54) is 18.9 Å². The van der Waals surface area contributed by atoms with Gasteiger partial charge in [-0.1, -0.05) is 0 Å². The van der Waals surface area contributed by atoms with E-state index in [0.29, 0.717) is 6.42 Å². The predicted octanol–water partition coefficient (Wildman–Crippen LogP) is -0.750. The molecule has 8 nitrogen and oxygen atoms in total. The number of aliphatic carboxylic acids is 1. The Morgan fingerprint density at radius 2 is 2.05 bits per heavy atom. The number of rotatable bonds is 6. The van der Waals surface area contributed by atoms with Crippen LogP contribution in [-0.2, 0) is 14.4 Å². The molecule has 1 aliphatic heterocycles. The van der Waals surface area contributed by atoms with Crippen molar-refractivity contribution in [3.63, 3.8) is 0 Å². The number of carbonyl (C=O) groups excluding carboxylic acids is 3. The molecule has 1 heterocycles. The fourth-order valence-corrected chi connectivity index (χ4v) is 1.66. The molecule has 1 fully saturated rings. The van der Waals surface area contributed by atoms with E-state index < -0.39 is 17.9 Å². The van der Waals surface area contributed by atoms with Gasteiger partial charge in [0.05, 0.1) is 0 Å². The number of nitrogens with one attached hydrogen (secondary N) is 1. The molecule has 1 atom stereocenters. The van der Waals surface area contributed by atoms with Crippen LogP contribution < -0.4 is 5.32 Å². The SMILES string of the molecule is CC(NC(=O)CCCN1C(=O)CN(C)C1=O)C(=O)O. The van der Waals surface area contributed by atoms with E-state index in [9.17, 15) is 19.2 Å². The Kier molecular flexibility index (Phi) is 4.85. The first-order chi connectivity index (χ1) is 8.82. The lowest BCUT2D eigenvalue weighted by atomic mass is 10.2. The molecule has 19 heavy (non-hydrogen) atoms. The van der Waals surface area contributed by atoms with E-state index in [-0.39, 0.29) is 31.4 Å². The van der Waals surface area contributed by atoms with Crippen molar-refractivity contribution in [1.82, 2.24) is 15.1 Å². The Morgan fingerprint density at radius 1 is 1.42 bits per heavy atom. The van der Waals surface area contributed by atoms with Crippen molar-refractivity contribution >= 4 is 23.8 Å². The van der Waals surface area contributed by atoms with Crippen molar-refractivity contribution in [3.8, 4) is 0 Å². The number of carbonyl (C=O) groups is 4. The van der Waals surface area contributed by atoms with Gasteiger partial charge in [-0.15, -0.1) is 0 Å². The van der Waals surface area contributed by atoms with Crippen molar-refractivity contribution in [1.29, 1.82) is 0 Å². The molecular weight excluding hydrogens is 254 g/mol. The molecular formula is C11H17N3O5. The molecule has 4 amide bonds. The van der Waals surface area contributed by atoms with Gasteiger partial charge in [0.2, 0.25) is 11.8 Å². The molecule has 1 saturated heterocycles. The zero-order valence-corrected chi connectivity index (χ0v) is 10.9. The normalized spacial score (nSPS) is 16.7. The first-order valence-electron chi connectivity index (χ1n) is 5.90. The quantitative estimate of drug-likeness (QED) is 0.618. The predicted molar refractivity (Wildman–Crippen MR) is 64.2 cm³/mol. The van der Waals surface area contributed by atoms with Crippen molar-refractivity contribution in [2.45, 2.75) is 25.8 Å². The lowest BCUT2D eigenvalue weighted by molar-refractivity contribution is -0.141. The van der Waals surface area contributed by atoms with E-state index in [4.69, 9.17) is 5.11 Å². The van der Waals surface area contributed by atoms with E-state index in [0.717, 1.165) is 4.90 Å². The lowest BCUT2D eigenvalue weighted by Crippen LogP contribution is -2.39. The molecule has 8 heteroatoms. The summed E-state index contributed by atoms with van der Waals surface area (Å²) in [4.78, 5) is 47.2. The van der Waals surface area contributed by atoms with Gasteiger partial charge >= 0.3 is 12.0 Å². The third-order valence-electron chi connectivity index (χ3n) is 2.76. The van der Waals surface area contributed by atoms with Crippen LogP contribution in [0.25, 0.3) is 0 Å². The average molecular weight is 271 g/mol. The number of hydrogen-bond acceptors (Lipinski definition) is 4. The van der Waals surface area contributed by atoms with E-state index in [1.54, 1.807) is 0 Å². The molecule has 0 radical (unpaired) electrons. The molecule has 2 N–H and O–H groups in total. The third-order valence-corrected chi connectivity index (χ3v) is 2.76. The summed E-state index contributed by atoms with van der Waals surface area (Å²) in [6, 6.07) is -1.32. The number of carboxylic acid groups (broad SMARTS) is 1. The maximum absolute atomic E-state index is 11.5. The van der Waals surface area contributed by atoms with Gasteiger partial charge in [-0.25, -0.2) is 4.79 Å². The number of nitrogens with zero attached hydrogens (tertiary/aromatic N) is 2. The average Bonchev–Trinajstić information content (AvgIpc) is 2.55.